The third kappa shape index (κ3) is 2.76. The molecule has 0 aliphatic rings. The molecule has 0 fully saturated rings. The van der Waals surface area contributed by atoms with Gasteiger partial charge < -0.3 is 9.84 Å². The number of hydrogen-bond donors (Lipinski definition) is 1. The van der Waals surface area contributed by atoms with Crippen LogP contribution in [0, 0.1) is 6.92 Å². The van der Waals surface area contributed by atoms with E-state index < -0.39 is 5.97 Å². The molecule has 3 rings (SSSR count). The van der Waals surface area contributed by atoms with Gasteiger partial charge in [0.05, 0.1) is 5.52 Å². The number of imidazole rings is 1. The van der Waals surface area contributed by atoms with Crippen molar-refractivity contribution in [2.45, 2.75) is 13.5 Å². The van der Waals surface area contributed by atoms with Crippen LogP contribution in [0.4, 0.5) is 0 Å². The van der Waals surface area contributed by atoms with Gasteiger partial charge in [0, 0.05) is 11.2 Å². The molecule has 112 valence electrons. The number of pyridine rings is 1. The fraction of sp³-hybridized carbons (Fsp3) is 0.125. The van der Waals surface area contributed by atoms with Crippen LogP contribution in [-0.2, 0) is 6.61 Å². The van der Waals surface area contributed by atoms with Gasteiger partial charge >= 0.3 is 5.97 Å². The Morgan fingerprint density at radius 3 is 2.91 bits per heavy atom. The molecule has 0 saturated heterocycles. The zero-order valence-electron chi connectivity index (χ0n) is 11.8. The van der Waals surface area contributed by atoms with Crippen molar-refractivity contribution in [2.24, 2.45) is 0 Å². The van der Waals surface area contributed by atoms with E-state index in [1.807, 2.05) is 19.2 Å². The molecule has 1 N–H and O–H groups in total. The average Bonchev–Trinajstić information content (AvgIpc) is 2.83. The van der Waals surface area contributed by atoms with Crippen LogP contribution in [0.25, 0.3) is 5.52 Å². The lowest BCUT2D eigenvalue weighted by molar-refractivity contribution is 0.0693. The van der Waals surface area contributed by atoms with Crippen molar-refractivity contribution in [2.75, 3.05) is 0 Å². The average molecular weight is 317 g/mol. The molecule has 22 heavy (non-hydrogen) atoms. The molecule has 1 aromatic carbocycles. The number of fused-ring (bicyclic) bond motifs is 1. The van der Waals surface area contributed by atoms with E-state index in [0.717, 1.165) is 5.56 Å². The first kappa shape index (κ1) is 14.4. The predicted molar refractivity (Wildman–Crippen MR) is 82.7 cm³/mol. The zero-order valence-corrected chi connectivity index (χ0v) is 12.5. The van der Waals surface area contributed by atoms with Gasteiger partial charge in [-0.2, -0.15) is 0 Å². The summed E-state index contributed by atoms with van der Waals surface area (Å²) in [5.74, 6) is 0.0696. The van der Waals surface area contributed by atoms with Gasteiger partial charge in [0.15, 0.2) is 11.5 Å². The maximum atomic E-state index is 11.3. The third-order valence-corrected chi connectivity index (χ3v) is 3.46. The summed E-state index contributed by atoms with van der Waals surface area (Å²) in [6.45, 7) is 2.08. The van der Waals surface area contributed by atoms with Crippen molar-refractivity contribution >= 4 is 23.1 Å². The Balaban J connectivity index is 1.96. The minimum Gasteiger partial charge on any atom is -0.486 e. The second-order valence-corrected chi connectivity index (χ2v) is 5.33. The largest absolute Gasteiger partial charge is 0.486 e. The van der Waals surface area contributed by atoms with Crippen LogP contribution in [-0.4, -0.2) is 20.5 Å². The van der Waals surface area contributed by atoms with Crippen LogP contribution in [0.2, 0.25) is 5.02 Å². The molecular weight excluding hydrogens is 304 g/mol. The number of ether oxygens (including phenoxy) is 1. The molecule has 0 aliphatic carbocycles. The highest BCUT2D eigenvalue weighted by Crippen LogP contribution is 2.20. The summed E-state index contributed by atoms with van der Waals surface area (Å²) in [7, 11) is 0. The quantitative estimate of drug-likeness (QED) is 0.799. The summed E-state index contributed by atoms with van der Waals surface area (Å²) in [6.07, 6.45) is 1.84. The lowest BCUT2D eigenvalue weighted by Gasteiger charge is -2.06. The first-order chi connectivity index (χ1) is 10.5. The number of carboxylic acids is 1. The number of carboxylic acid groups (broad SMARTS) is 1. The molecule has 3 aromatic rings. The highest BCUT2D eigenvalue weighted by molar-refractivity contribution is 6.30. The van der Waals surface area contributed by atoms with Gasteiger partial charge in [-0.25, -0.2) is 9.78 Å². The fourth-order valence-electron chi connectivity index (χ4n) is 2.22. The van der Waals surface area contributed by atoms with Crippen molar-refractivity contribution in [3.05, 3.63) is 64.7 Å². The number of aromatic carboxylic acids is 1. The molecule has 0 unspecified atom stereocenters. The van der Waals surface area contributed by atoms with Gasteiger partial charge in [0.25, 0.3) is 0 Å². The zero-order chi connectivity index (χ0) is 15.7. The second-order valence-electron chi connectivity index (χ2n) is 4.89. The predicted octanol–water partition coefficient (Wildman–Crippen LogP) is 3.57. The van der Waals surface area contributed by atoms with Crippen LogP contribution in [0.1, 0.15) is 21.9 Å². The van der Waals surface area contributed by atoms with Crippen molar-refractivity contribution in [1.29, 1.82) is 0 Å². The minimum absolute atomic E-state index is 0.0182. The maximum absolute atomic E-state index is 11.3. The van der Waals surface area contributed by atoms with Crippen LogP contribution in [0.15, 0.2) is 42.6 Å². The van der Waals surface area contributed by atoms with Gasteiger partial charge in [-0.3, -0.25) is 4.40 Å². The number of halogens is 1. The minimum atomic E-state index is -1.06. The van der Waals surface area contributed by atoms with Gasteiger partial charge in [-0.1, -0.05) is 23.7 Å². The number of rotatable bonds is 4. The SMILES string of the molecule is Cc1ccc2c(C(=O)O)nc(COc3cccc(Cl)c3)n2c1. The summed E-state index contributed by atoms with van der Waals surface area (Å²) in [5.41, 5.74) is 1.57. The van der Waals surface area contributed by atoms with Crippen molar-refractivity contribution < 1.29 is 14.6 Å². The summed E-state index contributed by atoms with van der Waals surface area (Å²) >= 11 is 5.91. The molecule has 0 saturated carbocycles. The van der Waals surface area contributed by atoms with Crippen LogP contribution >= 0.6 is 11.6 Å². The van der Waals surface area contributed by atoms with Gasteiger partial charge in [0.2, 0.25) is 0 Å². The van der Waals surface area contributed by atoms with Crippen molar-refractivity contribution in [3.63, 3.8) is 0 Å². The summed E-state index contributed by atoms with van der Waals surface area (Å²) < 4.78 is 7.39. The van der Waals surface area contributed by atoms with E-state index in [0.29, 0.717) is 22.1 Å². The van der Waals surface area contributed by atoms with Crippen LogP contribution < -0.4 is 4.74 Å². The van der Waals surface area contributed by atoms with E-state index in [4.69, 9.17) is 16.3 Å². The lowest BCUT2D eigenvalue weighted by Crippen LogP contribution is -2.02. The van der Waals surface area contributed by atoms with E-state index in [9.17, 15) is 9.90 Å². The summed E-state index contributed by atoms with van der Waals surface area (Å²) in [4.78, 5) is 15.5. The molecule has 5 nitrogen and oxygen atoms in total. The van der Waals surface area contributed by atoms with E-state index in [2.05, 4.69) is 4.98 Å². The molecule has 0 spiro atoms. The normalized spacial score (nSPS) is 10.8. The molecule has 6 heteroatoms. The molecule has 0 aliphatic heterocycles. The highest BCUT2D eigenvalue weighted by Gasteiger charge is 2.16. The number of hydrogen-bond acceptors (Lipinski definition) is 3. The fourth-order valence-corrected chi connectivity index (χ4v) is 2.40. The third-order valence-electron chi connectivity index (χ3n) is 3.22. The monoisotopic (exact) mass is 316 g/mol. The number of aromatic nitrogens is 2. The lowest BCUT2D eigenvalue weighted by atomic mass is 10.2. The molecule has 0 bridgehead atoms. The first-order valence-electron chi connectivity index (χ1n) is 6.64. The molecule has 2 aromatic heterocycles. The second kappa shape index (κ2) is 5.69. The number of benzene rings is 1. The van der Waals surface area contributed by atoms with E-state index in [-0.39, 0.29) is 12.3 Å². The highest BCUT2D eigenvalue weighted by atomic mass is 35.5. The Hall–Kier alpha value is -2.53. The Labute approximate surface area is 131 Å². The smallest absolute Gasteiger partial charge is 0.356 e. The topological polar surface area (TPSA) is 63.8 Å². The van der Waals surface area contributed by atoms with Crippen LogP contribution in [0.5, 0.6) is 5.75 Å². The van der Waals surface area contributed by atoms with E-state index >= 15 is 0 Å². The first-order valence-corrected chi connectivity index (χ1v) is 7.01. The van der Waals surface area contributed by atoms with Crippen molar-refractivity contribution in [1.82, 2.24) is 9.38 Å². The molecule has 0 radical (unpaired) electrons. The standard InChI is InChI=1S/C16H13ClN2O3/c1-10-5-6-13-15(16(20)21)18-14(19(13)8-10)9-22-12-4-2-3-11(17)7-12/h2-8H,9H2,1H3,(H,20,21). The van der Waals surface area contributed by atoms with E-state index in [1.165, 1.54) is 0 Å². The van der Waals surface area contributed by atoms with Crippen LogP contribution in [0.3, 0.4) is 0 Å². The number of carbonyl (C=O) groups is 1. The Kier molecular flexibility index (Phi) is 3.73. The molecule has 0 amide bonds. The Morgan fingerprint density at radius 1 is 1.36 bits per heavy atom. The van der Waals surface area contributed by atoms with Gasteiger partial charge in [-0.05, 0) is 36.8 Å². The summed E-state index contributed by atoms with van der Waals surface area (Å²) in [6, 6.07) is 10.6. The Morgan fingerprint density at radius 2 is 2.18 bits per heavy atom. The number of nitrogens with zero attached hydrogens (tertiary/aromatic N) is 2. The molecule has 2 heterocycles. The molecule has 0 atom stereocenters. The Bertz CT molecular complexity index is 858. The van der Waals surface area contributed by atoms with E-state index in [1.54, 1.807) is 34.7 Å². The van der Waals surface area contributed by atoms with Gasteiger partial charge in [-0.15, -0.1) is 0 Å². The van der Waals surface area contributed by atoms with Crippen molar-refractivity contribution in [3.8, 4) is 5.75 Å². The van der Waals surface area contributed by atoms with Gasteiger partial charge in [0.1, 0.15) is 12.4 Å². The molecular formula is C16H13ClN2O3. The maximum Gasteiger partial charge on any atom is 0.356 e. The summed E-state index contributed by atoms with van der Waals surface area (Å²) in [5, 5.41) is 9.83. The number of aryl methyl sites for hydroxylation is 1.